The second-order valence-corrected chi connectivity index (χ2v) is 3.78. The normalized spacial score (nSPS) is 12.1. The minimum absolute atomic E-state index is 0.323. The van der Waals surface area contributed by atoms with Crippen LogP contribution in [0.5, 0.6) is 0 Å². The van der Waals surface area contributed by atoms with E-state index in [4.69, 9.17) is 5.11 Å². The molecule has 82 valence electrons. The molecular weight excluding hydrogens is 190 g/mol. The van der Waals surface area contributed by atoms with Gasteiger partial charge in [0.05, 0.1) is 5.56 Å². The van der Waals surface area contributed by atoms with Gasteiger partial charge >= 0.3 is 5.97 Å². The average molecular weight is 207 g/mol. The average Bonchev–Trinajstić information content (AvgIpc) is 2.26. The van der Waals surface area contributed by atoms with Gasteiger partial charge in [0, 0.05) is 12.2 Å². The van der Waals surface area contributed by atoms with Crippen molar-refractivity contribution in [1.82, 2.24) is 0 Å². The molecule has 0 aromatic heterocycles. The fourth-order valence-electron chi connectivity index (χ4n) is 1.17. The first-order valence-corrected chi connectivity index (χ1v) is 5.20. The predicted octanol–water partition coefficient (Wildman–Crippen LogP) is 2.84. The van der Waals surface area contributed by atoms with Crippen LogP contribution in [-0.4, -0.2) is 17.6 Å². The van der Waals surface area contributed by atoms with E-state index in [0.29, 0.717) is 11.5 Å². The Labute approximate surface area is 90.1 Å². The molecule has 0 aliphatic rings. The third-order valence-electron chi connectivity index (χ3n) is 2.48. The van der Waals surface area contributed by atoms with Gasteiger partial charge in [-0.3, -0.25) is 0 Å². The van der Waals surface area contributed by atoms with Crippen molar-refractivity contribution in [1.29, 1.82) is 0 Å². The molecule has 0 radical (unpaired) electrons. The quantitative estimate of drug-likeness (QED) is 0.780. The number of benzene rings is 1. The standard InChI is InChI=1S/C12H17NO2/c1-3-9(2)8-13-11-6-4-10(5-7-11)12(14)15/h4-7,9,13H,3,8H2,1-2H3,(H,14,15). The van der Waals surface area contributed by atoms with E-state index in [-0.39, 0.29) is 0 Å². The maximum atomic E-state index is 10.6. The number of anilines is 1. The van der Waals surface area contributed by atoms with Crippen LogP contribution in [0, 0.1) is 5.92 Å². The Hall–Kier alpha value is -1.51. The fourth-order valence-corrected chi connectivity index (χ4v) is 1.17. The highest BCUT2D eigenvalue weighted by Gasteiger charge is 2.02. The molecule has 0 aliphatic carbocycles. The molecule has 0 heterocycles. The predicted molar refractivity (Wildman–Crippen MR) is 61.3 cm³/mol. The van der Waals surface area contributed by atoms with Crippen molar-refractivity contribution in [2.45, 2.75) is 20.3 Å². The topological polar surface area (TPSA) is 49.3 Å². The van der Waals surface area contributed by atoms with E-state index in [1.807, 2.05) is 0 Å². The molecule has 1 atom stereocenters. The second-order valence-electron chi connectivity index (χ2n) is 3.78. The van der Waals surface area contributed by atoms with Crippen molar-refractivity contribution in [2.75, 3.05) is 11.9 Å². The smallest absolute Gasteiger partial charge is 0.335 e. The van der Waals surface area contributed by atoms with Crippen LogP contribution in [0.2, 0.25) is 0 Å². The minimum atomic E-state index is -0.886. The summed E-state index contributed by atoms with van der Waals surface area (Å²) in [5, 5.41) is 12.0. The second kappa shape index (κ2) is 5.39. The molecular formula is C12H17NO2. The van der Waals surface area contributed by atoms with Crippen molar-refractivity contribution in [2.24, 2.45) is 5.92 Å². The lowest BCUT2D eigenvalue weighted by molar-refractivity contribution is 0.0697. The largest absolute Gasteiger partial charge is 0.478 e. The van der Waals surface area contributed by atoms with E-state index in [0.717, 1.165) is 18.7 Å². The number of hydrogen-bond donors (Lipinski definition) is 2. The molecule has 0 spiro atoms. The zero-order valence-corrected chi connectivity index (χ0v) is 9.16. The molecule has 0 amide bonds. The number of carboxylic acid groups (broad SMARTS) is 1. The zero-order valence-electron chi connectivity index (χ0n) is 9.16. The summed E-state index contributed by atoms with van der Waals surface area (Å²) in [5.41, 5.74) is 1.30. The number of aromatic carboxylic acids is 1. The van der Waals surface area contributed by atoms with Gasteiger partial charge in [-0.05, 0) is 30.2 Å². The number of carboxylic acids is 1. The maximum absolute atomic E-state index is 10.6. The van der Waals surface area contributed by atoms with E-state index in [9.17, 15) is 4.79 Å². The first-order chi connectivity index (χ1) is 7.13. The molecule has 3 nitrogen and oxygen atoms in total. The summed E-state index contributed by atoms with van der Waals surface area (Å²) in [6, 6.07) is 6.82. The Morgan fingerprint density at radius 2 is 2.00 bits per heavy atom. The van der Waals surface area contributed by atoms with Crippen LogP contribution in [0.4, 0.5) is 5.69 Å². The van der Waals surface area contributed by atoms with E-state index in [1.54, 1.807) is 24.3 Å². The molecule has 0 aliphatic heterocycles. The van der Waals surface area contributed by atoms with E-state index >= 15 is 0 Å². The third kappa shape index (κ3) is 3.62. The number of carbonyl (C=O) groups is 1. The lowest BCUT2D eigenvalue weighted by Crippen LogP contribution is -2.10. The summed E-state index contributed by atoms with van der Waals surface area (Å²) >= 11 is 0. The number of rotatable bonds is 5. The first-order valence-electron chi connectivity index (χ1n) is 5.20. The fraction of sp³-hybridized carbons (Fsp3) is 0.417. The van der Waals surface area contributed by atoms with Crippen molar-refractivity contribution in [3.8, 4) is 0 Å². The van der Waals surface area contributed by atoms with Gasteiger partial charge in [-0.15, -0.1) is 0 Å². The van der Waals surface area contributed by atoms with Crippen molar-refractivity contribution in [3.63, 3.8) is 0 Å². The summed E-state index contributed by atoms with van der Waals surface area (Å²) in [5.74, 6) is -0.257. The van der Waals surface area contributed by atoms with Crippen LogP contribution >= 0.6 is 0 Å². The molecule has 3 heteroatoms. The lowest BCUT2D eigenvalue weighted by atomic mass is 10.1. The van der Waals surface area contributed by atoms with Gasteiger partial charge in [0.2, 0.25) is 0 Å². The Morgan fingerprint density at radius 1 is 1.40 bits per heavy atom. The van der Waals surface area contributed by atoms with Crippen LogP contribution in [-0.2, 0) is 0 Å². The van der Waals surface area contributed by atoms with Gasteiger partial charge in [0.15, 0.2) is 0 Å². The third-order valence-corrected chi connectivity index (χ3v) is 2.48. The number of hydrogen-bond acceptors (Lipinski definition) is 2. The molecule has 1 aromatic rings. The highest BCUT2D eigenvalue weighted by molar-refractivity contribution is 5.87. The molecule has 0 fully saturated rings. The van der Waals surface area contributed by atoms with E-state index in [2.05, 4.69) is 19.2 Å². The van der Waals surface area contributed by atoms with Gasteiger partial charge in [0.25, 0.3) is 0 Å². The van der Waals surface area contributed by atoms with Crippen LogP contribution in [0.25, 0.3) is 0 Å². The Bertz CT molecular complexity index is 319. The first kappa shape index (κ1) is 11.6. The monoisotopic (exact) mass is 207 g/mol. The van der Waals surface area contributed by atoms with E-state index in [1.165, 1.54) is 0 Å². The maximum Gasteiger partial charge on any atom is 0.335 e. The summed E-state index contributed by atoms with van der Waals surface area (Å²) in [4.78, 5) is 10.6. The summed E-state index contributed by atoms with van der Waals surface area (Å²) in [6.45, 7) is 5.25. The molecule has 15 heavy (non-hydrogen) atoms. The van der Waals surface area contributed by atoms with Crippen LogP contribution in [0.1, 0.15) is 30.6 Å². The van der Waals surface area contributed by atoms with Gasteiger partial charge < -0.3 is 10.4 Å². The van der Waals surface area contributed by atoms with Gasteiger partial charge in [-0.1, -0.05) is 20.3 Å². The highest BCUT2D eigenvalue weighted by atomic mass is 16.4. The zero-order chi connectivity index (χ0) is 11.3. The summed E-state index contributed by atoms with van der Waals surface area (Å²) < 4.78 is 0. The van der Waals surface area contributed by atoms with Crippen molar-refractivity contribution < 1.29 is 9.90 Å². The number of nitrogens with one attached hydrogen (secondary N) is 1. The molecule has 0 saturated carbocycles. The summed E-state index contributed by atoms with van der Waals surface area (Å²) in [7, 11) is 0. The van der Waals surface area contributed by atoms with Crippen LogP contribution in [0.3, 0.4) is 0 Å². The molecule has 0 saturated heterocycles. The molecule has 1 unspecified atom stereocenters. The molecule has 1 aromatic carbocycles. The van der Waals surface area contributed by atoms with Crippen molar-refractivity contribution in [3.05, 3.63) is 29.8 Å². The van der Waals surface area contributed by atoms with Crippen LogP contribution in [0.15, 0.2) is 24.3 Å². The Morgan fingerprint density at radius 3 is 2.47 bits per heavy atom. The molecule has 0 bridgehead atoms. The Balaban J connectivity index is 2.53. The van der Waals surface area contributed by atoms with Gasteiger partial charge in [-0.25, -0.2) is 4.79 Å². The van der Waals surface area contributed by atoms with Gasteiger partial charge in [0.1, 0.15) is 0 Å². The molecule has 1 rings (SSSR count). The van der Waals surface area contributed by atoms with Crippen molar-refractivity contribution >= 4 is 11.7 Å². The van der Waals surface area contributed by atoms with E-state index < -0.39 is 5.97 Å². The summed E-state index contributed by atoms with van der Waals surface area (Å²) in [6.07, 6.45) is 1.14. The minimum Gasteiger partial charge on any atom is -0.478 e. The van der Waals surface area contributed by atoms with Crippen LogP contribution < -0.4 is 5.32 Å². The Kier molecular flexibility index (Phi) is 4.16. The SMILES string of the molecule is CCC(C)CNc1ccc(C(=O)O)cc1. The lowest BCUT2D eigenvalue weighted by Gasteiger charge is -2.11. The highest BCUT2D eigenvalue weighted by Crippen LogP contribution is 2.11. The van der Waals surface area contributed by atoms with Gasteiger partial charge in [-0.2, -0.15) is 0 Å². The molecule has 2 N–H and O–H groups in total.